The molecule has 0 saturated heterocycles. The van der Waals surface area contributed by atoms with Gasteiger partial charge in [-0.3, -0.25) is 4.79 Å². The van der Waals surface area contributed by atoms with E-state index >= 15 is 0 Å². The van der Waals surface area contributed by atoms with Gasteiger partial charge in [0.1, 0.15) is 0 Å². The zero-order chi connectivity index (χ0) is 17.6. The minimum absolute atomic E-state index is 0.185. The average Bonchev–Trinajstić information content (AvgIpc) is 3.20. The van der Waals surface area contributed by atoms with Crippen LogP contribution in [0.1, 0.15) is 44.9 Å². The smallest absolute Gasteiger partial charge is 0.252 e. The van der Waals surface area contributed by atoms with E-state index in [1.165, 1.54) is 5.56 Å². The fourth-order valence-electron chi connectivity index (χ4n) is 2.66. The van der Waals surface area contributed by atoms with Crippen molar-refractivity contribution in [2.45, 2.75) is 19.4 Å². The first-order valence-electron chi connectivity index (χ1n) is 8.14. The molecule has 3 rings (SSSR count). The van der Waals surface area contributed by atoms with Crippen LogP contribution in [-0.4, -0.2) is 5.91 Å². The van der Waals surface area contributed by atoms with Crippen molar-refractivity contribution in [3.8, 4) is 6.07 Å². The Hall–Kier alpha value is -2.90. The van der Waals surface area contributed by atoms with Crippen molar-refractivity contribution in [3.05, 3.63) is 93.2 Å². The standard InChI is InChI=1S/C21H18N2OS/c1-2-15-8-10-17(11-9-15)20(19-7-4-12-25-19)23-21(24)18-6-3-5-16(13-18)14-22/h3-13,20H,2H2,1H3,(H,23,24)/t20-/m0/s1. The number of nitrogens with one attached hydrogen (secondary N) is 1. The van der Waals surface area contributed by atoms with Crippen LogP contribution < -0.4 is 5.32 Å². The second-order valence-corrected chi connectivity index (χ2v) is 6.69. The second kappa shape index (κ2) is 7.78. The predicted molar refractivity (Wildman–Crippen MR) is 101 cm³/mol. The summed E-state index contributed by atoms with van der Waals surface area (Å²) < 4.78 is 0. The quantitative estimate of drug-likeness (QED) is 0.728. The van der Waals surface area contributed by atoms with E-state index in [4.69, 9.17) is 5.26 Å². The third kappa shape index (κ3) is 3.96. The molecule has 124 valence electrons. The summed E-state index contributed by atoms with van der Waals surface area (Å²) in [7, 11) is 0. The van der Waals surface area contributed by atoms with Crippen LogP contribution in [-0.2, 0) is 6.42 Å². The monoisotopic (exact) mass is 346 g/mol. The molecule has 0 unspecified atom stereocenters. The topological polar surface area (TPSA) is 52.9 Å². The highest BCUT2D eigenvalue weighted by Gasteiger charge is 2.19. The second-order valence-electron chi connectivity index (χ2n) is 5.71. The molecule has 1 atom stereocenters. The lowest BCUT2D eigenvalue weighted by atomic mass is 10.0. The molecule has 0 fully saturated rings. The Balaban J connectivity index is 1.90. The van der Waals surface area contributed by atoms with Crippen LogP contribution in [0.4, 0.5) is 0 Å². The number of hydrogen-bond donors (Lipinski definition) is 1. The Morgan fingerprint density at radius 2 is 1.96 bits per heavy atom. The van der Waals surface area contributed by atoms with E-state index in [0.29, 0.717) is 11.1 Å². The van der Waals surface area contributed by atoms with E-state index in [9.17, 15) is 4.79 Å². The van der Waals surface area contributed by atoms with Gasteiger partial charge in [-0.2, -0.15) is 5.26 Å². The molecule has 1 N–H and O–H groups in total. The number of carbonyl (C=O) groups is 1. The normalized spacial score (nSPS) is 11.5. The van der Waals surface area contributed by atoms with Gasteiger partial charge in [0.25, 0.3) is 5.91 Å². The van der Waals surface area contributed by atoms with Crippen molar-refractivity contribution >= 4 is 17.2 Å². The van der Waals surface area contributed by atoms with Crippen molar-refractivity contribution in [3.63, 3.8) is 0 Å². The van der Waals surface area contributed by atoms with Gasteiger partial charge in [0.15, 0.2) is 0 Å². The number of rotatable bonds is 5. The summed E-state index contributed by atoms with van der Waals surface area (Å²) in [5.41, 5.74) is 3.28. The number of benzene rings is 2. The molecule has 2 aromatic carbocycles. The molecule has 0 aliphatic carbocycles. The number of hydrogen-bond acceptors (Lipinski definition) is 3. The highest BCUT2D eigenvalue weighted by atomic mass is 32.1. The van der Waals surface area contributed by atoms with Gasteiger partial charge in [-0.15, -0.1) is 11.3 Å². The van der Waals surface area contributed by atoms with Crippen LogP contribution >= 0.6 is 11.3 Å². The maximum absolute atomic E-state index is 12.7. The first-order chi connectivity index (χ1) is 12.2. The fraction of sp³-hybridized carbons (Fsp3) is 0.143. The van der Waals surface area contributed by atoms with Gasteiger partial charge in [0.05, 0.1) is 17.7 Å². The fourth-order valence-corrected chi connectivity index (χ4v) is 3.47. The maximum Gasteiger partial charge on any atom is 0.252 e. The summed E-state index contributed by atoms with van der Waals surface area (Å²) in [6.45, 7) is 2.12. The Morgan fingerprint density at radius 3 is 2.60 bits per heavy atom. The Morgan fingerprint density at radius 1 is 1.16 bits per heavy atom. The molecule has 1 amide bonds. The van der Waals surface area contributed by atoms with Crippen molar-refractivity contribution in [2.24, 2.45) is 0 Å². The van der Waals surface area contributed by atoms with E-state index < -0.39 is 0 Å². The molecule has 25 heavy (non-hydrogen) atoms. The van der Waals surface area contributed by atoms with Gasteiger partial charge in [-0.1, -0.05) is 43.3 Å². The molecule has 3 aromatic rings. The molecule has 0 aliphatic heterocycles. The molecule has 1 aromatic heterocycles. The molecule has 0 spiro atoms. The summed E-state index contributed by atoms with van der Waals surface area (Å²) in [6.07, 6.45) is 0.983. The third-order valence-electron chi connectivity index (χ3n) is 4.08. The van der Waals surface area contributed by atoms with E-state index in [2.05, 4.69) is 42.6 Å². The van der Waals surface area contributed by atoms with Crippen LogP contribution in [0.2, 0.25) is 0 Å². The van der Waals surface area contributed by atoms with Crippen molar-refractivity contribution in [1.82, 2.24) is 5.32 Å². The minimum atomic E-state index is -0.204. The molecule has 0 bridgehead atoms. The minimum Gasteiger partial charge on any atom is -0.340 e. The maximum atomic E-state index is 12.7. The van der Waals surface area contributed by atoms with Crippen molar-refractivity contribution < 1.29 is 4.79 Å². The SMILES string of the molecule is CCc1ccc([C@H](NC(=O)c2cccc(C#N)c2)c2cccs2)cc1. The highest BCUT2D eigenvalue weighted by molar-refractivity contribution is 7.10. The van der Waals surface area contributed by atoms with Crippen LogP contribution in [0, 0.1) is 11.3 Å². The van der Waals surface area contributed by atoms with Crippen LogP contribution in [0.5, 0.6) is 0 Å². The number of nitriles is 1. The first-order valence-corrected chi connectivity index (χ1v) is 9.02. The van der Waals surface area contributed by atoms with E-state index in [0.717, 1.165) is 16.9 Å². The molecule has 4 heteroatoms. The van der Waals surface area contributed by atoms with Gasteiger partial charge in [0, 0.05) is 10.4 Å². The van der Waals surface area contributed by atoms with Gasteiger partial charge in [0.2, 0.25) is 0 Å². The number of nitrogens with zero attached hydrogens (tertiary/aromatic N) is 1. The first kappa shape index (κ1) is 16.9. The van der Waals surface area contributed by atoms with Gasteiger partial charge in [-0.25, -0.2) is 0 Å². The predicted octanol–water partition coefficient (Wildman–Crippen LogP) is 4.70. The Kier molecular flexibility index (Phi) is 5.27. The van der Waals surface area contributed by atoms with Gasteiger partial charge in [-0.05, 0) is 47.2 Å². The third-order valence-corrected chi connectivity index (χ3v) is 5.02. The van der Waals surface area contributed by atoms with Crippen LogP contribution in [0.25, 0.3) is 0 Å². The lowest BCUT2D eigenvalue weighted by Crippen LogP contribution is -2.28. The summed E-state index contributed by atoms with van der Waals surface area (Å²) in [6, 6.07) is 20.9. The Bertz CT molecular complexity index is 892. The number of thiophene rings is 1. The Labute approximate surface area is 151 Å². The van der Waals surface area contributed by atoms with E-state index in [-0.39, 0.29) is 11.9 Å². The molecule has 3 nitrogen and oxygen atoms in total. The van der Waals surface area contributed by atoms with Gasteiger partial charge >= 0.3 is 0 Å². The summed E-state index contributed by atoms with van der Waals surface area (Å²) in [4.78, 5) is 13.8. The number of carbonyl (C=O) groups excluding carboxylic acids is 1. The zero-order valence-electron chi connectivity index (χ0n) is 13.9. The molecule has 0 saturated carbocycles. The van der Waals surface area contributed by atoms with Crippen molar-refractivity contribution in [1.29, 1.82) is 5.26 Å². The molecule has 1 heterocycles. The lowest BCUT2D eigenvalue weighted by Gasteiger charge is -2.18. The largest absolute Gasteiger partial charge is 0.340 e. The van der Waals surface area contributed by atoms with E-state index in [1.807, 2.05) is 17.5 Å². The van der Waals surface area contributed by atoms with Gasteiger partial charge < -0.3 is 5.32 Å². The molecular formula is C21H18N2OS. The molecule has 0 radical (unpaired) electrons. The zero-order valence-corrected chi connectivity index (χ0v) is 14.7. The van der Waals surface area contributed by atoms with Crippen LogP contribution in [0.3, 0.4) is 0 Å². The summed E-state index contributed by atoms with van der Waals surface area (Å²) in [5.74, 6) is -0.185. The highest BCUT2D eigenvalue weighted by Crippen LogP contribution is 2.27. The molecule has 0 aliphatic rings. The van der Waals surface area contributed by atoms with E-state index in [1.54, 1.807) is 35.6 Å². The average molecular weight is 346 g/mol. The number of amides is 1. The summed E-state index contributed by atoms with van der Waals surface area (Å²) >= 11 is 1.61. The lowest BCUT2D eigenvalue weighted by molar-refractivity contribution is 0.0943. The number of aryl methyl sites for hydroxylation is 1. The van der Waals surface area contributed by atoms with Crippen molar-refractivity contribution in [2.75, 3.05) is 0 Å². The summed E-state index contributed by atoms with van der Waals surface area (Å²) in [5, 5.41) is 14.1. The molecular weight excluding hydrogens is 328 g/mol. The van der Waals surface area contributed by atoms with Crippen LogP contribution in [0.15, 0.2) is 66.0 Å².